The largest absolute Gasteiger partial charge is 0.378 e. The predicted molar refractivity (Wildman–Crippen MR) is 113 cm³/mol. The number of hydrogen-bond donors (Lipinski definition) is 0. The maximum absolute atomic E-state index is 11.6. The van der Waals surface area contributed by atoms with Crippen molar-refractivity contribution in [1.82, 2.24) is 9.97 Å². The zero-order valence-corrected chi connectivity index (χ0v) is 17.0. The maximum atomic E-state index is 11.6. The monoisotopic (exact) mass is 396 g/mol. The SMILES string of the molecule is CN(Cc1ccc(S(C)=O)cc1)c1nc2ccccc2nc1N1CCOCC1. The van der Waals surface area contributed by atoms with Gasteiger partial charge < -0.3 is 14.5 Å². The standard InChI is InChI=1S/C21H24N4O2S/c1-24(15-16-7-9-17(10-8-16)28(2)26)20-21(25-11-13-27-14-12-25)23-19-6-4-3-5-18(19)22-20/h3-10H,11-15H2,1-2H3. The summed E-state index contributed by atoms with van der Waals surface area (Å²) in [5.74, 6) is 1.76. The molecule has 6 nitrogen and oxygen atoms in total. The molecule has 1 atom stereocenters. The molecule has 1 aromatic heterocycles. The fourth-order valence-electron chi connectivity index (χ4n) is 3.36. The number of ether oxygens (including phenoxy) is 1. The first-order chi connectivity index (χ1) is 13.6. The Labute approximate surface area is 167 Å². The van der Waals surface area contributed by atoms with Gasteiger partial charge in [-0.25, -0.2) is 9.97 Å². The number of benzene rings is 2. The lowest BCUT2D eigenvalue weighted by molar-refractivity contribution is 0.122. The Hall–Kier alpha value is -2.51. The molecule has 146 valence electrons. The van der Waals surface area contributed by atoms with E-state index in [9.17, 15) is 4.21 Å². The van der Waals surface area contributed by atoms with Crippen LogP contribution in [0.5, 0.6) is 0 Å². The number of rotatable bonds is 5. The molecule has 0 saturated carbocycles. The third-order valence-corrected chi connectivity index (χ3v) is 5.82. The molecule has 0 bridgehead atoms. The number of anilines is 2. The fraction of sp³-hybridized carbons (Fsp3) is 0.333. The second-order valence-electron chi connectivity index (χ2n) is 6.91. The summed E-state index contributed by atoms with van der Waals surface area (Å²) >= 11 is 0. The molecule has 0 aliphatic carbocycles. The summed E-state index contributed by atoms with van der Waals surface area (Å²) in [6.45, 7) is 3.72. The molecule has 1 unspecified atom stereocenters. The highest BCUT2D eigenvalue weighted by Gasteiger charge is 2.21. The Morgan fingerprint density at radius 2 is 1.68 bits per heavy atom. The van der Waals surface area contributed by atoms with Crippen molar-refractivity contribution in [3.63, 3.8) is 0 Å². The molecule has 2 aromatic carbocycles. The van der Waals surface area contributed by atoms with Gasteiger partial charge >= 0.3 is 0 Å². The van der Waals surface area contributed by atoms with Gasteiger partial charge in [0.2, 0.25) is 0 Å². The van der Waals surface area contributed by atoms with Crippen molar-refractivity contribution in [2.24, 2.45) is 0 Å². The predicted octanol–water partition coefficient (Wildman–Crippen LogP) is 2.84. The molecule has 0 N–H and O–H groups in total. The minimum atomic E-state index is -0.963. The summed E-state index contributed by atoms with van der Waals surface area (Å²) in [4.78, 5) is 15.1. The van der Waals surface area contributed by atoms with Crippen molar-refractivity contribution in [2.45, 2.75) is 11.4 Å². The van der Waals surface area contributed by atoms with E-state index in [1.54, 1.807) is 6.26 Å². The molecule has 28 heavy (non-hydrogen) atoms. The second kappa shape index (κ2) is 8.24. The number of nitrogens with zero attached hydrogens (tertiary/aromatic N) is 4. The summed E-state index contributed by atoms with van der Waals surface area (Å²) in [5.41, 5.74) is 2.92. The summed E-state index contributed by atoms with van der Waals surface area (Å²) in [6.07, 6.45) is 1.69. The van der Waals surface area contributed by atoms with Crippen LogP contribution >= 0.6 is 0 Å². The second-order valence-corrected chi connectivity index (χ2v) is 8.29. The van der Waals surface area contributed by atoms with E-state index in [4.69, 9.17) is 14.7 Å². The van der Waals surface area contributed by atoms with Gasteiger partial charge in [-0.05, 0) is 29.8 Å². The van der Waals surface area contributed by atoms with Crippen molar-refractivity contribution >= 4 is 33.5 Å². The summed E-state index contributed by atoms with van der Waals surface area (Å²) in [6, 6.07) is 15.9. The van der Waals surface area contributed by atoms with Gasteiger partial charge in [-0.2, -0.15) is 0 Å². The Morgan fingerprint density at radius 3 is 2.32 bits per heavy atom. The highest BCUT2D eigenvalue weighted by atomic mass is 32.2. The van der Waals surface area contributed by atoms with E-state index in [2.05, 4.69) is 9.80 Å². The quantitative estimate of drug-likeness (QED) is 0.661. The zero-order chi connectivity index (χ0) is 19.5. The number of morpholine rings is 1. The van der Waals surface area contributed by atoms with Crippen LogP contribution in [-0.4, -0.2) is 53.8 Å². The Bertz CT molecular complexity index is 987. The first kappa shape index (κ1) is 18.8. The minimum absolute atomic E-state index is 0.695. The smallest absolute Gasteiger partial charge is 0.172 e. The number of fused-ring (bicyclic) bond motifs is 1. The molecule has 1 saturated heterocycles. The highest BCUT2D eigenvalue weighted by molar-refractivity contribution is 7.84. The molecule has 7 heteroatoms. The van der Waals surface area contributed by atoms with E-state index < -0.39 is 10.8 Å². The molecule has 1 aliphatic heterocycles. The van der Waals surface area contributed by atoms with Crippen LogP contribution in [0.3, 0.4) is 0 Å². The van der Waals surface area contributed by atoms with E-state index >= 15 is 0 Å². The van der Waals surface area contributed by atoms with Crippen LogP contribution < -0.4 is 9.80 Å². The van der Waals surface area contributed by atoms with Gasteiger partial charge in [-0.1, -0.05) is 24.3 Å². The minimum Gasteiger partial charge on any atom is -0.378 e. The lowest BCUT2D eigenvalue weighted by Gasteiger charge is -2.31. The molecular formula is C21H24N4O2S. The van der Waals surface area contributed by atoms with E-state index in [-0.39, 0.29) is 0 Å². The Balaban J connectivity index is 1.67. The van der Waals surface area contributed by atoms with Gasteiger partial charge in [0.05, 0.1) is 24.2 Å². The third kappa shape index (κ3) is 4.00. The molecule has 1 fully saturated rings. The molecule has 1 aliphatic rings. The normalized spacial score (nSPS) is 15.6. The van der Waals surface area contributed by atoms with Gasteiger partial charge in [0.25, 0.3) is 0 Å². The highest BCUT2D eigenvalue weighted by Crippen LogP contribution is 2.29. The average molecular weight is 397 g/mol. The molecule has 0 radical (unpaired) electrons. The van der Waals surface area contributed by atoms with Crippen LogP contribution in [0.1, 0.15) is 5.56 Å². The van der Waals surface area contributed by atoms with Crippen molar-refractivity contribution in [3.8, 4) is 0 Å². The summed E-state index contributed by atoms with van der Waals surface area (Å²) < 4.78 is 17.1. The van der Waals surface area contributed by atoms with E-state index in [1.165, 1.54) is 0 Å². The van der Waals surface area contributed by atoms with E-state index in [0.717, 1.165) is 46.2 Å². The summed E-state index contributed by atoms with van der Waals surface area (Å²) in [7, 11) is 1.07. The van der Waals surface area contributed by atoms with Crippen molar-refractivity contribution in [2.75, 3.05) is 49.4 Å². The van der Waals surface area contributed by atoms with Gasteiger partial charge in [0.1, 0.15) is 0 Å². The lowest BCUT2D eigenvalue weighted by atomic mass is 10.2. The van der Waals surface area contributed by atoms with Crippen LogP contribution in [0.4, 0.5) is 11.6 Å². The van der Waals surface area contributed by atoms with Crippen LogP contribution in [0.25, 0.3) is 11.0 Å². The van der Waals surface area contributed by atoms with Crippen LogP contribution in [0.2, 0.25) is 0 Å². The first-order valence-electron chi connectivity index (χ1n) is 9.35. The molecule has 2 heterocycles. The van der Waals surface area contributed by atoms with Crippen LogP contribution in [-0.2, 0) is 22.1 Å². The summed E-state index contributed by atoms with van der Waals surface area (Å²) in [5, 5.41) is 0. The van der Waals surface area contributed by atoms with Crippen molar-refractivity contribution in [1.29, 1.82) is 0 Å². The molecule has 0 amide bonds. The van der Waals surface area contributed by atoms with Crippen LogP contribution in [0.15, 0.2) is 53.4 Å². The molecule has 0 spiro atoms. The lowest BCUT2D eigenvalue weighted by Crippen LogP contribution is -2.38. The fourth-order valence-corrected chi connectivity index (χ4v) is 3.88. The Kier molecular flexibility index (Phi) is 5.54. The maximum Gasteiger partial charge on any atom is 0.172 e. The first-order valence-corrected chi connectivity index (χ1v) is 10.9. The van der Waals surface area contributed by atoms with Crippen LogP contribution in [0, 0.1) is 0 Å². The van der Waals surface area contributed by atoms with E-state index in [0.29, 0.717) is 19.8 Å². The molecular weight excluding hydrogens is 372 g/mol. The molecule has 3 aromatic rings. The number of aromatic nitrogens is 2. The average Bonchev–Trinajstić information content (AvgIpc) is 2.73. The van der Waals surface area contributed by atoms with Crippen molar-refractivity contribution in [3.05, 3.63) is 54.1 Å². The van der Waals surface area contributed by atoms with Gasteiger partial charge in [0.15, 0.2) is 11.6 Å². The third-order valence-electron chi connectivity index (χ3n) is 4.88. The van der Waals surface area contributed by atoms with Gasteiger partial charge in [-0.15, -0.1) is 0 Å². The van der Waals surface area contributed by atoms with Gasteiger partial charge in [-0.3, -0.25) is 4.21 Å². The van der Waals surface area contributed by atoms with E-state index in [1.807, 2.05) is 55.6 Å². The zero-order valence-electron chi connectivity index (χ0n) is 16.2. The van der Waals surface area contributed by atoms with Gasteiger partial charge in [0, 0.05) is 48.6 Å². The molecule has 4 rings (SSSR count). The Morgan fingerprint density at radius 1 is 1.04 bits per heavy atom. The number of para-hydroxylation sites is 2. The topological polar surface area (TPSA) is 58.6 Å². The van der Waals surface area contributed by atoms with Crippen molar-refractivity contribution < 1.29 is 8.95 Å². The number of hydrogen-bond acceptors (Lipinski definition) is 6.